The lowest BCUT2D eigenvalue weighted by atomic mass is 10.3. The monoisotopic (exact) mass is 357 g/mol. The number of anilines is 4. The Bertz CT molecular complexity index is 1030. The van der Waals surface area contributed by atoms with Crippen molar-refractivity contribution in [2.24, 2.45) is 0 Å². The van der Waals surface area contributed by atoms with Gasteiger partial charge in [-0.2, -0.15) is 0 Å². The summed E-state index contributed by atoms with van der Waals surface area (Å²) in [6.07, 6.45) is 0. The van der Waals surface area contributed by atoms with Crippen LogP contribution < -0.4 is 10.6 Å². The van der Waals surface area contributed by atoms with Gasteiger partial charge in [0.15, 0.2) is 5.13 Å². The van der Waals surface area contributed by atoms with E-state index >= 15 is 0 Å². The van der Waals surface area contributed by atoms with Crippen LogP contribution in [-0.2, 0) is 0 Å². The third-order valence-electron chi connectivity index (χ3n) is 4.08. The third kappa shape index (κ3) is 2.87. The van der Waals surface area contributed by atoms with Gasteiger partial charge in [0, 0.05) is 11.4 Å². The number of fused-ring (bicyclic) bond motifs is 2. The second-order valence-corrected chi connectivity index (χ2v) is 6.95. The molecule has 5 nitrogen and oxygen atoms in total. The Morgan fingerprint density at radius 2 is 1.38 bits per heavy atom. The summed E-state index contributed by atoms with van der Waals surface area (Å²) in [6, 6.07) is 24.2. The highest BCUT2D eigenvalue weighted by molar-refractivity contribution is 7.22. The second kappa shape index (κ2) is 6.16. The quantitative estimate of drug-likeness (QED) is 0.388. The minimum Gasteiger partial charge on any atom is -0.332 e. The molecule has 0 amide bonds. The summed E-state index contributed by atoms with van der Waals surface area (Å²) >= 11 is 1.65. The van der Waals surface area contributed by atoms with Crippen LogP contribution >= 0.6 is 11.3 Å². The first-order chi connectivity index (χ1) is 12.8. The predicted octanol–water partition coefficient (Wildman–Crippen LogP) is 5.66. The molecule has 2 aromatic heterocycles. The van der Waals surface area contributed by atoms with Gasteiger partial charge < -0.3 is 15.6 Å². The average molecular weight is 357 g/mol. The molecule has 126 valence electrons. The molecule has 0 spiro atoms. The zero-order chi connectivity index (χ0) is 17.3. The largest absolute Gasteiger partial charge is 0.332 e. The van der Waals surface area contributed by atoms with Crippen molar-refractivity contribution in [3.05, 3.63) is 72.8 Å². The lowest BCUT2D eigenvalue weighted by molar-refractivity contribution is 1.31. The van der Waals surface area contributed by atoms with E-state index in [1.807, 2.05) is 66.7 Å². The Morgan fingerprint density at radius 1 is 0.692 bits per heavy atom. The molecule has 0 bridgehead atoms. The molecule has 0 aliphatic carbocycles. The van der Waals surface area contributed by atoms with Crippen LogP contribution in [0.2, 0.25) is 0 Å². The van der Waals surface area contributed by atoms with Crippen molar-refractivity contribution < 1.29 is 0 Å². The molecule has 0 saturated heterocycles. The van der Waals surface area contributed by atoms with Gasteiger partial charge in [0.25, 0.3) is 0 Å². The summed E-state index contributed by atoms with van der Waals surface area (Å²) in [7, 11) is 0. The first-order valence-electron chi connectivity index (χ1n) is 8.28. The van der Waals surface area contributed by atoms with Gasteiger partial charge in [0.05, 0.1) is 21.3 Å². The Hall–Kier alpha value is -3.38. The van der Waals surface area contributed by atoms with Crippen molar-refractivity contribution in [3.63, 3.8) is 0 Å². The molecule has 0 atom stereocenters. The van der Waals surface area contributed by atoms with E-state index < -0.39 is 0 Å². The highest BCUT2D eigenvalue weighted by atomic mass is 32.1. The first kappa shape index (κ1) is 14.9. The van der Waals surface area contributed by atoms with Crippen LogP contribution in [0.3, 0.4) is 0 Å². The average Bonchev–Trinajstić information content (AvgIpc) is 3.25. The molecule has 3 N–H and O–H groups in total. The molecular formula is C20H15N5S. The summed E-state index contributed by atoms with van der Waals surface area (Å²) in [4.78, 5) is 12.4. The van der Waals surface area contributed by atoms with Crippen LogP contribution in [0.1, 0.15) is 0 Å². The van der Waals surface area contributed by atoms with E-state index in [1.165, 1.54) is 4.70 Å². The number of aromatic nitrogens is 3. The van der Waals surface area contributed by atoms with E-state index in [0.717, 1.165) is 39.0 Å². The molecule has 3 aromatic carbocycles. The molecule has 2 heterocycles. The number of para-hydroxylation sites is 3. The minimum absolute atomic E-state index is 0.734. The van der Waals surface area contributed by atoms with E-state index in [0.29, 0.717) is 0 Å². The normalized spacial score (nSPS) is 11.1. The number of nitrogens with zero attached hydrogens (tertiary/aromatic N) is 2. The molecule has 0 radical (unpaired) electrons. The van der Waals surface area contributed by atoms with Crippen molar-refractivity contribution in [3.8, 4) is 0 Å². The number of hydrogen-bond donors (Lipinski definition) is 3. The van der Waals surface area contributed by atoms with E-state index in [4.69, 9.17) is 0 Å². The van der Waals surface area contributed by atoms with Gasteiger partial charge >= 0.3 is 0 Å². The van der Waals surface area contributed by atoms with Crippen LogP contribution in [-0.4, -0.2) is 15.0 Å². The molecule has 0 fully saturated rings. The predicted molar refractivity (Wildman–Crippen MR) is 109 cm³/mol. The number of rotatable bonds is 4. The van der Waals surface area contributed by atoms with E-state index in [9.17, 15) is 0 Å². The lowest BCUT2D eigenvalue weighted by Crippen LogP contribution is -1.93. The molecule has 0 unspecified atom stereocenters. The van der Waals surface area contributed by atoms with Gasteiger partial charge in [-0.25, -0.2) is 9.97 Å². The topological polar surface area (TPSA) is 65.6 Å². The van der Waals surface area contributed by atoms with E-state index in [1.54, 1.807) is 11.3 Å². The van der Waals surface area contributed by atoms with Crippen LogP contribution in [0.5, 0.6) is 0 Å². The van der Waals surface area contributed by atoms with Crippen molar-refractivity contribution in [2.75, 3.05) is 10.6 Å². The SMILES string of the molecule is c1ccc2[nH]c(Nc3ccc(Nc4nc5ccccc5s4)cc3)nc2c1. The number of nitrogens with one attached hydrogen (secondary N) is 3. The van der Waals surface area contributed by atoms with Crippen LogP contribution in [0.15, 0.2) is 72.8 Å². The molecule has 26 heavy (non-hydrogen) atoms. The molecule has 0 aliphatic rings. The smallest absolute Gasteiger partial charge is 0.205 e. The van der Waals surface area contributed by atoms with Crippen LogP contribution in [0.25, 0.3) is 21.3 Å². The van der Waals surface area contributed by atoms with Crippen molar-refractivity contribution >= 4 is 55.0 Å². The number of aromatic amines is 1. The standard InChI is InChI=1S/C20H15N5S/c1-2-6-16-15(5-1)23-19(24-16)21-13-9-11-14(12-10-13)22-20-25-17-7-3-4-8-18(17)26-20/h1-12H,(H,22,25)(H2,21,23,24). The molecule has 6 heteroatoms. The maximum absolute atomic E-state index is 4.60. The Morgan fingerprint density at radius 3 is 2.15 bits per heavy atom. The number of benzene rings is 3. The van der Waals surface area contributed by atoms with Crippen molar-refractivity contribution in [1.29, 1.82) is 0 Å². The Balaban J connectivity index is 1.33. The summed E-state index contributed by atoms with van der Waals surface area (Å²) in [6.45, 7) is 0. The van der Waals surface area contributed by atoms with E-state index in [-0.39, 0.29) is 0 Å². The maximum atomic E-state index is 4.60. The Labute approximate surface area is 153 Å². The number of imidazole rings is 1. The van der Waals surface area contributed by atoms with Crippen LogP contribution in [0, 0.1) is 0 Å². The molecule has 0 aliphatic heterocycles. The Kier molecular flexibility index (Phi) is 3.54. The zero-order valence-electron chi connectivity index (χ0n) is 13.7. The zero-order valence-corrected chi connectivity index (χ0v) is 14.5. The highest BCUT2D eigenvalue weighted by Gasteiger charge is 2.05. The first-order valence-corrected chi connectivity index (χ1v) is 9.10. The van der Waals surface area contributed by atoms with Gasteiger partial charge in [-0.05, 0) is 48.5 Å². The second-order valence-electron chi connectivity index (χ2n) is 5.92. The lowest BCUT2D eigenvalue weighted by Gasteiger charge is -2.05. The number of hydrogen-bond acceptors (Lipinski definition) is 5. The van der Waals surface area contributed by atoms with E-state index in [2.05, 4.69) is 31.7 Å². The highest BCUT2D eigenvalue weighted by Crippen LogP contribution is 2.28. The van der Waals surface area contributed by atoms with Gasteiger partial charge in [0.1, 0.15) is 0 Å². The number of thiazole rings is 1. The molecule has 0 saturated carbocycles. The fourth-order valence-corrected chi connectivity index (χ4v) is 3.72. The van der Waals surface area contributed by atoms with Crippen molar-refractivity contribution in [2.45, 2.75) is 0 Å². The van der Waals surface area contributed by atoms with Gasteiger partial charge in [-0.3, -0.25) is 0 Å². The fourth-order valence-electron chi connectivity index (χ4n) is 2.83. The van der Waals surface area contributed by atoms with Gasteiger partial charge in [0.2, 0.25) is 5.95 Å². The summed E-state index contributed by atoms with van der Waals surface area (Å²) in [5, 5.41) is 7.55. The summed E-state index contributed by atoms with van der Waals surface area (Å²) < 4.78 is 1.18. The minimum atomic E-state index is 0.734. The third-order valence-corrected chi connectivity index (χ3v) is 5.03. The molecule has 5 rings (SSSR count). The summed E-state index contributed by atoms with van der Waals surface area (Å²) in [5.74, 6) is 0.734. The van der Waals surface area contributed by atoms with Gasteiger partial charge in [-0.1, -0.05) is 35.6 Å². The molecular weight excluding hydrogens is 342 g/mol. The fraction of sp³-hybridized carbons (Fsp3) is 0. The maximum Gasteiger partial charge on any atom is 0.205 e. The summed E-state index contributed by atoms with van der Waals surface area (Å²) in [5.41, 5.74) is 4.95. The van der Waals surface area contributed by atoms with Crippen LogP contribution in [0.4, 0.5) is 22.5 Å². The van der Waals surface area contributed by atoms with Crippen molar-refractivity contribution in [1.82, 2.24) is 15.0 Å². The van der Waals surface area contributed by atoms with Gasteiger partial charge in [-0.15, -0.1) is 0 Å². The number of H-pyrrole nitrogens is 1. The molecule has 5 aromatic rings.